The molecule has 168 valence electrons. The van der Waals surface area contributed by atoms with Gasteiger partial charge in [0, 0.05) is 23.6 Å². The van der Waals surface area contributed by atoms with E-state index in [1.54, 1.807) is 13.3 Å². The van der Waals surface area contributed by atoms with Gasteiger partial charge in [-0.2, -0.15) is 0 Å². The predicted octanol–water partition coefficient (Wildman–Crippen LogP) is 5.93. The number of hydrogen-bond donors (Lipinski definition) is 1. The molecule has 5 nitrogen and oxygen atoms in total. The Balaban J connectivity index is 1.79. The van der Waals surface area contributed by atoms with Gasteiger partial charge in [0.25, 0.3) is 5.78 Å². The standard InChI is InChI=1S/C28H27NO4/c1-28(2,3)21-11-8-18(9-12-21)16-29-17-24(26(30)27(31)32)23-15-20(10-13-25(23)29)19-6-5-7-22(14-19)33-4/h5-15,17H,16H2,1-4H3,(H,31,32). The van der Waals surface area contributed by atoms with Crippen LogP contribution < -0.4 is 4.74 Å². The predicted molar refractivity (Wildman–Crippen MR) is 130 cm³/mol. The van der Waals surface area contributed by atoms with Gasteiger partial charge >= 0.3 is 5.97 Å². The summed E-state index contributed by atoms with van der Waals surface area (Å²) in [5.74, 6) is -1.65. The van der Waals surface area contributed by atoms with Crippen molar-refractivity contribution < 1.29 is 19.4 Å². The van der Waals surface area contributed by atoms with Crippen molar-refractivity contribution in [1.82, 2.24) is 4.57 Å². The molecule has 5 heteroatoms. The minimum Gasteiger partial charge on any atom is -0.497 e. The summed E-state index contributed by atoms with van der Waals surface area (Å²) in [6.07, 6.45) is 1.65. The van der Waals surface area contributed by atoms with Crippen LogP contribution in [0.3, 0.4) is 0 Å². The summed E-state index contributed by atoms with van der Waals surface area (Å²) in [6.45, 7) is 7.05. The number of nitrogens with zero attached hydrogens (tertiary/aromatic N) is 1. The lowest BCUT2D eigenvalue weighted by Gasteiger charge is -2.19. The average molecular weight is 442 g/mol. The largest absolute Gasteiger partial charge is 0.497 e. The molecule has 4 rings (SSSR count). The van der Waals surface area contributed by atoms with Gasteiger partial charge < -0.3 is 14.4 Å². The Bertz CT molecular complexity index is 1340. The van der Waals surface area contributed by atoms with Crippen LogP contribution in [0.25, 0.3) is 22.0 Å². The quantitative estimate of drug-likeness (QED) is 0.297. The minimum absolute atomic E-state index is 0.0657. The molecular weight excluding hydrogens is 414 g/mol. The zero-order chi connectivity index (χ0) is 23.8. The second kappa shape index (κ2) is 8.58. The fraction of sp³-hybridized carbons (Fsp3) is 0.214. The van der Waals surface area contributed by atoms with Crippen molar-refractivity contribution in [1.29, 1.82) is 0 Å². The van der Waals surface area contributed by atoms with Gasteiger partial charge in [0.15, 0.2) is 0 Å². The van der Waals surface area contributed by atoms with E-state index < -0.39 is 11.8 Å². The molecule has 0 atom stereocenters. The van der Waals surface area contributed by atoms with Crippen LogP contribution in [0, 0.1) is 0 Å². The number of hydrogen-bond acceptors (Lipinski definition) is 3. The Labute approximate surface area is 193 Å². The van der Waals surface area contributed by atoms with Crippen LogP contribution in [0.15, 0.2) is 72.9 Å². The Kier molecular flexibility index (Phi) is 5.81. The van der Waals surface area contributed by atoms with E-state index in [-0.39, 0.29) is 11.0 Å². The lowest BCUT2D eigenvalue weighted by atomic mass is 9.87. The molecule has 0 aliphatic rings. The van der Waals surface area contributed by atoms with E-state index >= 15 is 0 Å². The van der Waals surface area contributed by atoms with Crippen LogP contribution in [0.1, 0.15) is 42.3 Å². The number of carboxylic acids is 1. The summed E-state index contributed by atoms with van der Waals surface area (Å²) < 4.78 is 7.26. The first-order valence-electron chi connectivity index (χ1n) is 10.8. The highest BCUT2D eigenvalue weighted by Gasteiger charge is 2.22. The number of rotatable bonds is 6. The van der Waals surface area contributed by atoms with Crippen LogP contribution in [-0.4, -0.2) is 28.5 Å². The SMILES string of the molecule is COc1cccc(-c2ccc3c(c2)c(C(=O)C(=O)O)cn3Cc2ccc(C(C)(C)C)cc2)c1. The first-order valence-corrected chi connectivity index (χ1v) is 10.8. The lowest BCUT2D eigenvalue weighted by Crippen LogP contribution is -2.12. The summed E-state index contributed by atoms with van der Waals surface area (Å²) in [7, 11) is 1.61. The number of aromatic nitrogens is 1. The van der Waals surface area contributed by atoms with Gasteiger partial charge in [-0.05, 0) is 51.9 Å². The van der Waals surface area contributed by atoms with E-state index in [0.717, 1.165) is 28.0 Å². The number of fused-ring (bicyclic) bond motifs is 1. The molecule has 0 saturated heterocycles. The van der Waals surface area contributed by atoms with Gasteiger partial charge in [-0.15, -0.1) is 0 Å². The zero-order valence-corrected chi connectivity index (χ0v) is 19.3. The number of Topliss-reactive ketones (excluding diaryl/α,β-unsaturated/α-hetero) is 1. The van der Waals surface area contributed by atoms with Crippen molar-refractivity contribution >= 4 is 22.7 Å². The molecule has 4 aromatic rings. The number of benzene rings is 3. The molecule has 0 unspecified atom stereocenters. The zero-order valence-electron chi connectivity index (χ0n) is 19.3. The Morgan fingerprint density at radius 1 is 0.939 bits per heavy atom. The molecule has 0 radical (unpaired) electrons. The van der Waals surface area contributed by atoms with E-state index in [1.807, 2.05) is 47.0 Å². The van der Waals surface area contributed by atoms with Gasteiger partial charge in [-0.1, -0.05) is 63.2 Å². The van der Waals surface area contributed by atoms with Crippen molar-refractivity contribution in [3.63, 3.8) is 0 Å². The maximum Gasteiger partial charge on any atom is 0.377 e. The highest BCUT2D eigenvalue weighted by molar-refractivity contribution is 6.42. The molecule has 1 aromatic heterocycles. The number of ketones is 1. The molecule has 1 N–H and O–H groups in total. The Morgan fingerprint density at radius 3 is 2.27 bits per heavy atom. The molecule has 0 bridgehead atoms. The summed E-state index contributed by atoms with van der Waals surface area (Å²) in [4.78, 5) is 24.0. The molecule has 0 amide bonds. The fourth-order valence-electron chi connectivity index (χ4n) is 4.01. The summed E-state index contributed by atoms with van der Waals surface area (Å²) in [6, 6.07) is 21.8. The molecule has 3 aromatic carbocycles. The van der Waals surface area contributed by atoms with E-state index in [4.69, 9.17) is 4.74 Å². The van der Waals surface area contributed by atoms with Crippen molar-refractivity contribution in [3.8, 4) is 16.9 Å². The topological polar surface area (TPSA) is 68.5 Å². The fourth-order valence-corrected chi connectivity index (χ4v) is 4.01. The van der Waals surface area contributed by atoms with Crippen LogP contribution in [-0.2, 0) is 16.8 Å². The number of methoxy groups -OCH3 is 1. The molecule has 0 fully saturated rings. The second-order valence-electron chi connectivity index (χ2n) is 9.22. The Hall–Kier alpha value is -3.86. The molecule has 0 aliphatic heterocycles. The van der Waals surface area contributed by atoms with Crippen molar-refractivity contribution in [2.24, 2.45) is 0 Å². The number of ether oxygens (including phenoxy) is 1. The van der Waals surface area contributed by atoms with Gasteiger partial charge in [-0.25, -0.2) is 4.79 Å². The van der Waals surface area contributed by atoms with Crippen molar-refractivity contribution in [2.45, 2.75) is 32.7 Å². The number of carboxylic acid groups (broad SMARTS) is 1. The van der Waals surface area contributed by atoms with Crippen LogP contribution in [0.2, 0.25) is 0 Å². The first-order chi connectivity index (χ1) is 15.7. The van der Waals surface area contributed by atoms with Gasteiger partial charge in [0.2, 0.25) is 0 Å². The van der Waals surface area contributed by atoms with Crippen LogP contribution in [0.4, 0.5) is 0 Å². The molecular formula is C28H27NO4. The maximum absolute atomic E-state index is 12.5. The lowest BCUT2D eigenvalue weighted by molar-refractivity contribution is -0.131. The minimum atomic E-state index is -1.46. The molecule has 1 heterocycles. The number of aliphatic carboxylic acids is 1. The monoisotopic (exact) mass is 441 g/mol. The van der Waals surface area contributed by atoms with Gasteiger partial charge in [0.1, 0.15) is 5.75 Å². The van der Waals surface area contributed by atoms with Crippen LogP contribution >= 0.6 is 0 Å². The smallest absolute Gasteiger partial charge is 0.377 e. The number of carbonyl (C=O) groups excluding carboxylic acids is 1. The van der Waals surface area contributed by atoms with Gasteiger partial charge in [-0.3, -0.25) is 4.79 Å². The molecule has 33 heavy (non-hydrogen) atoms. The second-order valence-corrected chi connectivity index (χ2v) is 9.22. The maximum atomic E-state index is 12.5. The summed E-state index contributed by atoms with van der Waals surface area (Å²) in [5.41, 5.74) is 5.19. The molecule has 0 saturated carbocycles. The average Bonchev–Trinajstić information content (AvgIpc) is 3.15. The third-order valence-electron chi connectivity index (χ3n) is 5.90. The van der Waals surface area contributed by atoms with E-state index in [0.29, 0.717) is 11.9 Å². The van der Waals surface area contributed by atoms with Crippen molar-refractivity contribution in [3.05, 3.63) is 89.6 Å². The first kappa shape index (κ1) is 22.3. The Morgan fingerprint density at radius 2 is 1.64 bits per heavy atom. The third kappa shape index (κ3) is 4.53. The van der Waals surface area contributed by atoms with E-state index in [2.05, 4.69) is 45.0 Å². The van der Waals surface area contributed by atoms with Gasteiger partial charge in [0.05, 0.1) is 12.7 Å². The molecule has 0 spiro atoms. The summed E-state index contributed by atoms with van der Waals surface area (Å²) >= 11 is 0. The summed E-state index contributed by atoms with van der Waals surface area (Å²) in [5, 5.41) is 10.00. The molecule has 0 aliphatic carbocycles. The highest BCUT2D eigenvalue weighted by Crippen LogP contribution is 2.31. The number of carbonyl (C=O) groups is 2. The normalized spacial score (nSPS) is 11.5. The highest BCUT2D eigenvalue weighted by atomic mass is 16.5. The van der Waals surface area contributed by atoms with E-state index in [1.165, 1.54) is 5.56 Å². The van der Waals surface area contributed by atoms with Crippen LogP contribution in [0.5, 0.6) is 5.75 Å². The van der Waals surface area contributed by atoms with E-state index in [9.17, 15) is 14.7 Å². The third-order valence-corrected chi connectivity index (χ3v) is 5.90. The van der Waals surface area contributed by atoms with Crippen molar-refractivity contribution in [2.75, 3.05) is 7.11 Å².